The van der Waals surface area contributed by atoms with E-state index in [0.29, 0.717) is 11.4 Å². The number of nitriles is 2. The third kappa shape index (κ3) is 1.65. The second kappa shape index (κ2) is 4.03. The normalized spacial score (nSPS) is 18.8. The fraction of sp³-hybridized carbons (Fsp3) is 0.462. The Hall–Kier alpha value is -2.47. The zero-order chi connectivity index (χ0) is 13.5. The third-order valence-electron chi connectivity index (χ3n) is 3.83. The fourth-order valence-corrected chi connectivity index (χ4v) is 2.87. The van der Waals surface area contributed by atoms with Crippen LogP contribution in [0.3, 0.4) is 0 Å². The summed E-state index contributed by atoms with van der Waals surface area (Å²) in [5, 5.41) is 21.4. The van der Waals surface area contributed by atoms with Gasteiger partial charge in [-0.25, -0.2) is 4.68 Å². The molecule has 6 nitrogen and oxygen atoms in total. The van der Waals surface area contributed by atoms with Gasteiger partial charge in [0.1, 0.15) is 29.2 Å². The molecule has 3 rings (SSSR count). The Morgan fingerprint density at radius 1 is 1.16 bits per heavy atom. The van der Waals surface area contributed by atoms with Gasteiger partial charge in [0.25, 0.3) is 5.56 Å². The lowest BCUT2D eigenvalue weighted by Crippen LogP contribution is -2.46. The molecule has 1 saturated carbocycles. The summed E-state index contributed by atoms with van der Waals surface area (Å²) in [5.74, 6) is 0.480. The van der Waals surface area contributed by atoms with E-state index in [4.69, 9.17) is 10.5 Å². The first kappa shape index (κ1) is 11.6. The van der Waals surface area contributed by atoms with Crippen molar-refractivity contribution in [3.8, 4) is 12.1 Å². The summed E-state index contributed by atoms with van der Waals surface area (Å²) in [4.78, 5) is 12.1. The number of nitrogens with zero attached hydrogens (tertiary/aromatic N) is 3. The highest BCUT2D eigenvalue weighted by Crippen LogP contribution is 2.35. The number of anilines is 1. The minimum atomic E-state index is -0.397. The van der Waals surface area contributed by atoms with Crippen molar-refractivity contribution < 1.29 is 0 Å². The average Bonchev–Trinajstić information content (AvgIpc) is 2.80. The Balaban J connectivity index is 2.12. The molecule has 0 atom stereocenters. The van der Waals surface area contributed by atoms with E-state index in [9.17, 15) is 4.79 Å². The van der Waals surface area contributed by atoms with Crippen LogP contribution in [0.2, 0.25) is 0 Å². The monoisotopic (exact) mass is 255 g/mol. The largest absolute Gasteiger partial charge is 0.345 e. The van der Waals surface area contributed by atoms with Gasteiger partial charge < -0.3 is 5.32 Å². The van der Waals surface area contributed by atoms with Gasteiger partial charge in [0, 0.05) is 0 Å². The lowest BCUT2D eigenvalue weighted by molar-refractivity contribution is 0.353. The number of hydrogen-bond acceptors (Lipinski definition) is 5. The molecule has 0 aromatic carbocycles. The van der Waals surface area contributed by atoms with Crippen LogP contribution >= 0.6 is 0 Å². The molecule has 1 aromatic rings. The zero-order valence-electron chi connectivity index (χ0n) is 10.4. The first-order valence-electron chi connectivity index (χ1n) is 6.36. The van der Waals surface area contributed by atoms with Crippen molar-refractivity contribution in [2.45, 2.75) is 37.8 Å². The molecule has 2 heterocycles. The number of nitrogens with one attached hydrogen (secondary N) is 2. The molecular formula is C13H13N5O. The molecule has 1 spiro atoms. The number of aromatic nitrogens is 1. The highest BCUT2D eigenvalue weighted by atomic mass is 16.1. The minimum absolute atomic E-state index is 0.0116. The van der Waals surface area contributed by atoms with E-state index >= 15 is 0 Å². The predicted molar refractivity (Wildman–Crippen MR) is 68.9 cm³/mol. The summed E-state index contributed by atoms with van der Waals surface area (Å²) in [6.45, 7) is 0. The molecule has 2 aliphatic rings. The van der Waals surface area contributed by atoms with Gasteiger partial charge in [0.15, 0.2) is 0 Å². The summed E-state index contributed by atoms with van der Waals surface area (Å²) in [6, 6.07) is 5.23. The maximum atomic E-state index is 12.1. The SMILES string of the molecule is N#Cc1cc(C#N)c(=O)n2c1NC1(CCCCC1)N2. The molecule has 6 heteroatoms. The average molecular weight is 255 g/mol. The fourth-order valence-electron chi connectivity index (χ4n) is 2.87. The number of rotatable bonds is 0. The smallest absolute Gasteiger partial charge is 0.288 e. The van der Waals surface area contributed by atoms with Crippen LogP contribution in [0.5, 0.6) is 0 Å². The van der Waals surface area contributed by atoms with Crippen LogP contribution < -0.4 is 16.3 Å². The van der Waals surface area contributed by atoms with E-state index in [2.05, 4.69) is 10.7 Å². The third-order valence-corrected chi connectivity index (χ3v) is 3.83. The molecule has 19 heavy (non-hydrogen) atoms. The van der Waals surface area contributed by atoms with Crippen molar-refractivity contribution in [2.24, 2.45) is 0 Å². The lowest BCUT2D eigenvalue weighted by atomic mass is 9.90. The van der Waals surface area contributed by atoms with E-state index < -0.39 is 5.56 Å². The van der Waals surface area contributed by atoms with Crippen LogP contribution in [0, 0.1) is 22.7 Å². The van der Waals surface area contributed by atoms with Crippen molar-refractivity contribution in [2.75, 3.05) is 10.7 Å². The number of fused-ring (bicyclic) bond motifs is 1. The van der Waals surface area contributed by atoms with Gasteiger partial charge in [-0.2, -0.15) is 10.5 Å². The van der Waals surface area contributed by atoms with Gasteiger partial charge in [0.05, 0.1) is 5.56 Å². The zero-order valence-corrected chi connectivity index (χ0v) is 10.4. The summed E-state index contributed by atoms with van der Waals surface area (Å²) < 4.78 is 1.32. The number of hydrogen-bond donors (Lipinski definition) is 2. The van der Waals surface area contributed by atoms with E-state index in [1.807, 2.05) is 12.1 Å². The highest BCUT2D eigenvalue weighted by molar-refractivity contribution is 5.60. The van der Waals surface area contributed by atoms with Crippen LogP contribution in [-0.4, -0.2) is 10.3 Å². The van der Waals surface area contributed by atoms with Crippen molar-refractivity contribution in [1.29, 1.82) is 10.5 Å². The van der Waals surface area contributed by atoms with Crippen LogP contribution in [-0.2, 0) is 0 Å². The Kier molecular flexibility index (Phi) is 2.46. The topological polar surface area (TPSA) is 93.6 Å². The molecule has 1 fully saturated rings. The standard InChI is InChI=1S/C13H13N5O/c14-7-9-6-10(8-15)12(19)18-11(9)16-13(17-18)4-2-1-3-5-13/h6,16-17H,1-5H2. The maximum Gasteiger partial charge on any atom is 0.288 e. The van der Waals surface area contributed by atoms with Crippen LogP contribution in [0.25, 0.3) is 0 Å². The second-order valence-corrected chi connectivity index (χ2v) is 5.06. The molecule has 0 bridgehead atoms. The first-order valence-corrected chi connectivity index (χ1v) is 6.36. The van der Waals surface area contributed by atoms with Gasteiger partial charge >= 0.3 is 0 Å². The minimum Gasteiger partial charge on any atom is -0.345 e. The quantitative estimate of drug-likeness (QED) is 0.727. The molecular weight excluding hydrogens is 242 g/mol. The van der Waals surface area contributed by atoms with Crippen LogP contribution in [0.15, 0.2) is 10.9 Å². The predicted octanol–water partition coefficient (Wildman–Crippen LogP) is 1.22. The summed E-state index contributed by atoms with van der Waals surface area (Å²) >= 11 is 0. The lowest BCUT2D eigenvalue weighted by Gasteiger charge is -2.33. The highest BCUT2D eigenvalue weighted by Gasteiger charge is 2.39. The van der Waals surface area contributed by atoms with E-state index in [-0.39, 0.29) is 11.2 Å². The van der Waals surface area contributed by atoms with Crippen LogP contribution in [0.4, 0.5) is 5.82 Å². The van der Waals surface area contributed by atoms with E-state index in [1.54, 1.807) is 0 Å². The van der Waals surface area contributed by atoms with Crippen molar-refractivity contribution in [3.63, 3.8) is 0 Å². The Morgan fingerprint density at radius 3 is 2.47 bits per heavy atom. The second-order valence-electron chi connectivity index (χ2n) is 5.06. The molecule has 0 unspecified atom stereocenters. The summed E-state index contributed by atoms with van der Waals surface area (Å²) in [7, 11) is 0. The van der Waals surface area contributed by atoms with Crippen molar-refractivity contribution >= 4 is 5.82 Å². The van der Waals surface area contributed by atoms with Gasteiger partial charge in [0.2, 0.25) is 0 Å². The Morgan fingerprint density at radius 2 is 1.84 bits per heavy atom. The Bertz CT molecular complexity index is 670. The summed E-state index contributed by atoms with van der Waals surface area (Å²) in [5.41, 5.74) is 2.73. The van der Waals surface area contributed by atoms with Gasteiger partial charge in [-0.05, 0) is 31.7 Å². The number of pyridine rings is 1. The maximum absolute atomic E-state index is 12.1. The molecule has 2 N–H and O–H groups in total. The molecule has 0 radical (unpaired) electrons. The van der Waals surface area contributed by atoms with Gasteiger partial charge in [-0.1, -0.05) is 6.42 Å². The molecule has 0 saturated heterocycles. The van der Waals surface area contributed by atoms with E-state index in [1.165, 1.54) is 17.2 Å². The molecule has 96 valence electrons. The van der Waals surface area contributed by atoms with Crippen molar-refractivity contribution in [1.82, 2.24) is 4.68 Å². The van der Waals surface area contributed by atoms with Gasteiger partial charge in [-0.15, -0.1) is 0 Å². The summed E-state index contributed by atoms with van der Waals surface area (Å²) in [6.07, 6.45) is 5.15. The first-order chi connectivity index (χ1) is 9.19. The molecule has 1 aromatic heterocycles. The molecule has 1 aliphatic carbocycles. The Labute approximate surface area is 110 Å². The molecule has 1 aliphatic heterocycles. The van der Waals surface area contributed by atoms with Crippen molar-refractivity contribution in [3.05, 3.63) is 27.5 Å². The van der Waals surface area contributed by atoms with E-state index in [0.717, 1.165) is 25.7 Å². The molecule has 0 amide bonds. The van der Waals surface area contributed by atoms with Gasteiger partial charge in [-0.3, -0.25) is 10.2 Å². The van der Waals surface area contributed by atoms with Crippen LogP contribution in [0.1, 0.15) is 43.2 Å².